The van der Waals surface area contributed by atoms with Gasteiger partial charge < -0.3 is 15.0 Å². The van der Waals surface area contributed by atoms with Crippen molar-refractivity contribution in [2.24, 2.45) is 5.73 Å². The van der Waals surface area contributed by atoms with Crippen molar-refractivity contribution >= 4 is 5.69 Å². The highest BCUT2D eigenvalue weighted by Crippen LogP contribution is 2.32. The molecule has 0 spiro atoms. The van der Waals surface area contributed by atoms with Crippen LogP contribution in [0.3, 0.4) is 0 Å². The Hall–Kier alpha value is -2.48. The minimum Gasteiger partial charge on any atom is -0.484 e. The molecule has 0 aliphatic carbocycles. The molecule has 0 atom stereocenters. The average molecular weight is 292 g/mol. The highest BCUT2D eigenvalue weighted by Gasteiger charge is 2.19. The number of nitrogens with two attached hydrogens (primary N) is 1. The number of nitrogens with zero attached hydrogens (tertiary/aromatic N) is 3. The molecular weight excluding hydrogens is 276 g/mol. The Bertz CT molecular complexity index is 639. The third-order valence-electron chi connectivity index (χ3n) is 2.60. The van der Waals surface area contributed by atoms with Crippen LogP contribution in [0.1, 0.15) is 19.7 Å². The first kappa shape index (κ1) is 14.9. The van der Waals surface area contributed by atoms with E-state index in [4.69, 9.17) is 15.0 Å². The van der Waals surface area contributed by atoms with Gasteiger partial charge in [-0.25, -0.2) is 0 Å². The fourth-order valence-electron chi connectivity index (χ4n) is 1.75. The molecule has 2 N–H and O–H groups in total. The first-order valence-electron chi connectivity index (χ1n) is 6.49. The summed E-state index contributed by atoms with van der Waals surface area (Å²) in [4.78, 5) is 14.8. The number of benzene rings is 1. The standard InChI is InChI=1S/C13H16N4O4/c1-8(2)20-11-4-3-9(7-10(11)17(18)19)13-15-12(5-6-14)21-16-13/h3-4,7-8H,5-6,14H2,1-2H3. The van der Waals surface area contributed by atoms with E-state index in [9.17, 15) is 10.1 Å². The summed E-state index contributed by atoms with van der Waals surface area (Å²) in [6.45, 7) is 3.99. The van der Waals surface area contributed by atoms with Gasteiger partial charge >= 0.3 is 5.69 Å². The summed E-state index contributed by atoms with van der Waals surface area (Å²) >= 11 is 0. The monoisotopic (exact) mass is 292 g/mol. The van der Waals surface area contributed by atoms with Crippen LogP contribution in [-0.4, -0.2) is 27.7 Å². The van der Waals surface area contributed by atoms with E-state index in [2.05, 4.69) is 10.1 Å². The molecule has 0 aliphatic heterocycles. The number of hydrogen-bond acceptors (Lipinski definition) is 7. The van der Waals surface area contributed by atoms with Gasteiger partial charge in [0.2, 0.25) is 11.7 Å². The van der Waals surface area contributed by atoms with E-state index in [-0.39, 0.29) is 23.4 Å². The van der Waals surface area contributed by atoms with Crippen molar-refractivity contribution in [1.29, 1.82) is 0 Å². The molecule has 21 heavy (non-hydrogen) atoms. The van der Waals surface area contributed by atoms with Gasteiger partial charge in [-0.3, -0.25) is 10.1 Å². The van der Waals surface area contributed by atoms with Gasteiger partial charge in [0.25, 0.3) is 0 Å². The Morgan fingerprint density at radius 3 is 2.86 bits per heavy atom. The summed E-state index contributed by atoms with van der Waals surface area (Å²) in [5.41, 5.74) is 5.76. The molecule has 0 aliphatic rings. The van der Waals surface area contributed by atoms with E-state index in [0.717, 1.165) is 0 Å². The third-order valence-corrected chi connectivity index (χ3v) is 2.60. The molecule has 0 bridgehead atoms. The van der Waals surface area contributed by atoms with Crippen molar-refractivity contribution in [3.63, 3.8) is 0 Å². The van der Waals surface area contributed by atoms with Crippen LogP contribution in [0.4, 0.5) is 5.69 Å². The van der Waals surface area contributed by atoms with Crippen molar-refractivity contribution in [2.45, 2.75) is 26.4 Å². The predicted molar refractivity (Wildman–Crippen MR) is 74.9 cm³/mol. The van der Waals surface area contributed by atoms with Crippen LogP contribution in [-0.2, 0) is 6.42 Å². The Kier molecular flexibility index (Phi) is 4.49. The van der Waals surface area contributed by atoms with E-state index in [1.807, 2.05) is 0 Å². The van der Waals surface area contributed by atoms with E-state index >= 15 is 0 Å². The van der Waals surface area contributed by atoms with E-state index in [1.165, 1.54) is 12.1 Å². The summed E-state index contributed by atoms with van der Waals surface area (Å²) in [6.07, 6.45) is 0.305. The summed E-state index contributed by atoms with van der Waals surface area (Å²) < 4.78 is 10.4. The normalized spacial score (nSPS) is 10.9. The van der Waals surface area contributed by atoms with Crippen molar-refractivity contribution < 1.29 is 14.2 Å². The van der Waals surface area contributed by atoms with Crippen molar-refractivity contribution in [3.05, 3.63) is 34.2 Å². The quantitative estimate of drug-likeness (QED) is 0.638. The lowest BCUT2D eigenvalue weighted by Crippen LogP contribution is -2.07. The Morgan fingerprint density at radius 2 is 2.24 bits per heavy atom. The van der Waals surface area contributed by atoms with E-state index in [1.54, 1.807) is 19.9 Å². The van der Waals surface area contributed by atoms with Gasteiger partial charge in [-0.2, -0.15) is 4.98 Å². The Labute approximate surface area is 121 Å². The molecule has 0 amide bonds. The fourth-order valence-corrected chi connectivity index (χ4v) is 1.75. The number of nitro groups is 1. The number of ether oxygens (including phenoxy) is 1. The van der Waals surface area contributed by atoms with Crippen LogP contribution in [0.2, 0.25) is 0 Å². The van der Waals surface area contributed by atoms with Crippen molar-refractivity contribution in [3.8, 4) is 17.1 Å². The molecule has 0 saturated carbocycles. The molecule has 2 aromatic rings. The van der Waals surface area contributed by atoms with Crippen LogP contribution >= 0.6 is 0 Å². The Balaban J connectivity index is 2.36. The number of rotatable bonds is 6. The Morgan fingerprint density at radius 1 is 1.48 bits per heavy atom. The smallest absolute Gasteiger partial charge is 0.311 e. The average Bonchev–Trinajstić information content (AvgIpc) is 2.87. The minimum absolute atomic E-state index is 0.133. The molecular formula is C13H16N4O4. The third kappa shape index (κ3) is 3.54. The summed E-state index contributed by atoms with van der Waals surface area (Å²) in [5, 5.41) is 14.9. The van der Waals surface area contributed by atoms with Crippen LogP contribution in [0.25, 0.3) is 11.4 Å². The zero-order valence-corrected chi connectivity index (χ0v) is 11.8. The maximum atomic E-state index is 11.1. The van der Waals surface area contributed by atoms with Crippen LogP contribution in [0.15, 0.2) is 22.7 Å². The predicted octanol–water partition coefficient (Wildman–Crippen LogP) is 1.93. The molecule has 0 radical (unpaired) electrons. The maximum absolute atomic E-state index is 11.1. The SMILES string of the molecule is CC(C)Oc1ccc(-c2noc(CCN)n2)cc1[N+](=O)[O-]. The largest absolute Gasteiger partial charge is 0.484 e. The topological polar surface area (TPSA) is 117 Å². The lowest BCUT2D eigenvalue weighted by molar-refractivity contribution is -0.386. The lowest BCUT2D eigenvalue weighted by atomic mass is 10.1. The van der Waals surface area contributed by atoms with Crippen molar-refractivity contribution in [2.75, 3.05) is 6.54 Å². The highest BCUT2D eigenvalue weighted by molar-refractivity contribution is 5.63. The van der Waals surface area contributed by atoms with Gasteiger partial charge in [0.15, 0.2) is 5.75 Å². The first-order chi connectivity index (χ1) is 10.0. The highest BCUT2D eigenvalue weighted by atomic mass is 16.6. The lowest BCUT2D eigenvalue weighted by Gasteiger charge is -2.10. The number of aromatic nitrogens is 2. The van der Waals surface area contributed by atoms with Gasteiger partial charge in [0.1, 0.15) is 0 Å². The zero-order valence-electron chi connectivity index (χ0n) is 11.8. The van der Waals surface area contributed by atoms with Crippen LogP contribution in [0, 0.1) is 10.1 Å². The van der Waals surface area contributed by atoms with Gasteiger partial charge in [-0.05, 0) is 26.0 Å². The van der Waals surface area contributed by atoms with Crippen LogP contribution in [0.5, 0.6) is 5.75 Å². The summed E-state index contributed by atoms with van der Waals surface area (Å²) in [5.74, 6) is 0.903. The second kappa shape index (κ2) is 6.31. The molecule has 8 nitrogen and oxygen atoms in total. The van der Waals surface area contributed by atoms with Gasteiger partial charge in [0, 0.05) is 24.6 Å². The minimum atomic E-state index is -0.498. The molecule has 112 valence electrons. The molecule has 1 aromatic heterocycles. The first-order valence-corrected chi connectivity index (χ1v) is 6.49. The van der Waals surface area contributed by atoms with E-state index in [0.29, 0.717) is 24.4 Å². The molecule has 1 aromatic carbocycles. The molecule has 1 heterocycles. The number of nitro benzene ring substituents is 1. The summed E-state index contributed by atoms with van der Waals surface area (Å²) in [7, 11) is 0. The van der Waals surface area contributed by atoms with Crippen LogP contribution < -0.4 is 10.5 Å². The van der Waals surface area contributed by atoms with Gasteiger partial charge in [-0.15, -0.1) is 0 Å². The molecule has 2 rings (SSSR count). The van der Waals surface area contributed by atoms with Gasteiger partial charge in [-0.1, -0.05) is 5.16 Å². The van der Waals surface area contributed by atoms with E-state index < -0.39 is 4.92 Å². The zero-order chi connectivity index (χ0) is 15.4. The molecule has 0 fully saturated rings. The fraction of sp³-hybridized carbons (Fsp3) is 0.385. The van der Waals surface area contributed by atoms with Crippen molar-refractivity contribution in [1.82, 2.24) is 10.1 Å². The molecule has 8 heteroatoms. The maximum Gasteiger partial charge on any atom is 0.311 e. The molecule has 0 unspecified atom stereocenters. The van der Waals surface area contributed by atoms with Gasteiger partial charge in [0.05, 0.1) is 11.0 Å². The second-order valence-electron chi connectivity index (χ2n) is 4.66. The second-order valence-corrected chi connectivity index (χ2v) is 4.66. The number of hydrogen-bond donors (Lipinski definition) is 1. The molecule has 0 saturated heterocycles. The summed E-state index contributed by atoms with van der Waals surface area (Å²) in [6, 6.07) is 4.56.